The molecule has 0 bridgehead atoms. The molecule has 1 rings (SSSR count). The van der Waals surface area contributed by atoms with Crippen LogP contribution in [0.5, 0.6) is 0 Å². The van der Waals surface area contributed by atoms with Crippen LogP contribution in [0.3, 0.4) is 0 Å². The van der Waals surface area contributed by atoms with Crippen molar-refractivity contribution in [1.29, 1.82) is 0 Å². The topological polar surface area (TPSA) is 0 Å². The molecule has 0 spiro atoms. The van der Waals surface area contributed by atoms with Crippen LogP contribution in [0.4, 0.5) is 30.7 Å². The Bertz CT molecular complexity index is 360. The van der Waals surface area contributed by atoms with Crippen LogP contribution in [0.15, 0.2) is 12.1 Å². The summed E-state index contributed by atoms with van der Waals surface area (Å²) in [6.07, 6.45) is -10.6. The summed E-state index contributed by atoms with van der Waals surface area (Å²) in [6.45, 7) is 0. The first-order chi connectivity index (χ1) is 6.64. The maximum Gasteiger partial charge on any atom is 0.419 e. The lowest BCUT2D eigenvalue weighted by molar-refractivity contribution is -0.163. The highest BCUT2D eigenvalue weighted by Gasteiger charge is 2.45. The molecule has 0 saturated carbocycles. The molecule has 1 radical (unpaired) electrons. The van der Waals surface area contributed by atoms with Crippen molar-refractivity contribution in [3.63, 3.8) is 0 Å². The zero-order chi connectivity index (χ0) is 11.9. The quantitative estimate of drug-likeness (QED) is 0.597. The minimum absolute atomic E-state index is 0.0614. The van der Waals surface area contributed by atoms with E-state index >= 15 is 0 Å². The van der Waals surface area contributed by atoms with E-state index in [0.717, 1.165) is 0 Å². The van der Waals surface area contributed by atoms with Crippen molar-refractivity contribution < 1.29 is 30.7 Å². The van der Waals surface area contributed by atoms with Crippen LogP contribution in [0, 0.1) is 11.9 Å². The van der Waals surface area contributed by atoms with E-state index in [1.807, 2.05) is 0 Å². The van der Waals surface area contributed by atoms with E-state index in [1.165, 1.54) is 0 Å². The second-order valence-corrected chi connectivity index (χ2v) is 2.59. The molecule has 1 aromatic carbocycles. The molecule has 0 heterocycles. The van der Waals surface area contributed by atoms with Gasteiger partial charge in [-0.05, 0) is 18.2 Å². The standard InChI is InChI=1S/C8H2F7/c9-5-3-1-2-4(7(10,11)12)6(5)8(13,14)15/h2-3H. The fourth-order valence-electron chi connectivity index (χ4n) is 0.983. The Morgan fingerprint density at radius 3 is 1.73 bits per heavy atom. The third kappa shape index (κ3) is 2.40. The normalized spacial score (nSPS) is 13.0. The van der Waals surface area contributed by atoms with Gasteiger partial charge in [-0.25, -0.2) is 4.39 Å². The molecule has 0 fully saturated rings. The molecule has 0 unspecified atom stereocenters. The van der Waals surface area contributed by atoms with E-state index in [0.29, 0.717) is 0 Å². The van der Waals surface area contributed by atoms with E-state index < -0.39 is 29.3 Å². The number of rotatable bonds is 0. The highest BCUT2D eigenvalue weighted by Crippen LogP contribution is 2.41. The van der Waals surface area contributed by atoms with Gasteiger partial charge >= 0.3 is 12.4 Å². The average Bonchev–Trinajstić information content (AvgIpc) is 1.99. The number of benzene rings is 1. The molecule has 0 saturated heterocycles. The predicted octanol–water partition coefficient (Wildman–Crippen LogP) is 3.66. The summed E-state index contributed by atoms with van der Waals surface area (Å²) in [5.41, 5.74) is -4.39. The van der Waals surface area contributed by atoms with E-state index in [2.05, 4.69) is 0 Å². The monoisotopic (exact) mass is 231 g/mol. The van der Waals surface area contributed by atoms with Crippen LogP contribution in [0.2, 0.25) is 0 Å². The molecule has 0 aromatic heterocycles. The van der Waals surface area contributed by atoms with E-state index in [-0.39, 0.29) is 12.1 Å². The zero-order valence-electron chi connectivity index (χ0n) is 6.80. The first-order valence-electron chi connectivity index (χ1n) is 3.48. The van der Waals surface area contributed by atoms with Gasteiger partial charge in [0.2, 0.25) is 0 Å². The minimum atomic E-state index is -5.38. The fraction of sp³-hybridized carbons (Fsp3) is 0.250. The Labute approximate surface area is 79.3 Å². The molecular formula is C8H2F7. The lowest BCUT2D eigenvalue weighted by Crippen LogP contribution is -2.18. The van der Waals surface area contributed by atoms with Crippen LogP contribution in [0.1, 0.15) is 11.1 Å². The Balaban J connectivity index is 3.48. The molecular weight excluding hydrogens is 229 g/mol. The Morgan fingerprint density at radius 2 is 1.40 bits per heavy atom. The number of hydrogen-bond acceptors (Lipinski definition) is 0. The van der Waals surface area contributed by atoms with Crippen LogP contribution >= 0.6 is 0 Å². The molecule has 0 aliphatic heterocycles. The second kappa shape index (κ2) is 3.39. The number of alkyl halides is 6. The maximum atomic E-state index is 12.6. The molecule has 0 nitrogen and oxygen atoms in total. The second-order valence-electron chi connectivity index (χ2n) is 2.59. The molecule has 0 N–H and O–H groups in total. The third-order valence-electron chi connectivity index (χ3n) is 1.53. The van der Waals surface area contributed by atoms with Gasteiger partial charge in [-0.2, -0.15) is 26.3 Å². The van der Waals surface area contributed by atoms with E-state index in [4.69, 9.17) is 0 Å². The van der Waals surface area contributed by atoms with Crippen molar-refractivity contribution in [1.82, 2.24) is 0 Å². The average molecular weight is 231 g/mol. The molecule has 15 heavy (non-hydrogen) atoms. The first kappa shape index (κ1) is 11.8. The summed E-state index contributed by atoms with van der Waals surface area (Å²) in [4.78, 5) is 0. The third-order valence-corrected chi connectivity index (χ3v) is 1.53. The fourth-order valence-corrected chi connectivity index (χ4v) is 0.983. The van der Waals surface area contributed by atoms with Crippen molar-refractivity contribution in [2.75, 3.05) is 0 Å². The summed E-state index contributed by atoms with van der Waals surface area (Å²) in [5.74, 6) is -1.99. The molecule has 0 aliphatic carbocycles. The van der Waals surface area contributed by atoms with Crippen molar-refractivity contribution in [3.8, 4) is 0 Å². The summed E-state index contributed by atoms with van der Waals surface area (Å²) in [6, 6.07) is 1.92. The predicted molar refractivity (Wildman–Crippen MR) is 35.2 cm³/mol. The summed E-state index contributed by atoms with van der Waals surface area (Å²) >= 11 is 0. The number of halogens is 7. The van der Waals surface area contributed by atoms with Gasteiger partial charge in [0.25, 0.3) is 0 Å². The zero-order valence-corrected chi connectivity index (χ0v) is 6.80. The van der Waals surface area contributed by atoms with Crippen molar-refractivity contribution in [2.45, 2.75) is 12.4 Å². The Kier molecular flexibility index (Phi) is 2.67. The lowest BCUT2D eigenvalue weighted by Gasteiger charge is -2.15. The molecule has 0 aliphatic rings. The molecule has 7 heteroatoms. The Morgan fingerprint density at radius 1 is 0.867 bits per heavy atom. The van der Waals surface area contributed by atoms with E-state index in [9.17, 15) is 30.7 Å². The lowest BCUT2D eigenvalue weighted by atomic mass is 10.1. The SMILES string of the molecule is Fc1c[c]cc(C(F)(F)F)c1C(F)(F)F. The highest BCUT2D eigenvalue weighted by molar-refractivity contribution is 5.32. The van der Waals surface area contributed by atoms with Crippen molar-refractivity contribution in [3.05, 3.63) is 35.1 Å². The molecule has 0 amide bonds. The summed E-state index contributed by atoms with van der Waals surface area (Å²) in [7, 11) is 0. The highest BCUT2D eigenvalue weighted by atomic mass is 19.4. The maximum absolute atomic E-state index is 12.6. The molecule has 83 valence electrons. The minimum Gasteiger partial charge on any atom is -0.206 e. The van der Waals surface area contributed by atoms with Crippen molar-refractivity contribution >= 4 is 0 Å². The summed E-state index contributed by atoms with van der Waals surface area (Å²) in [5, 5.41) is 0. The van der Waals surface area contributed by atoms with Gasteiger partial charge < -0.3 is 0 Å². The first-order valence-corrected chi connectivity index (χ1v) is 3.48. The largest absolute Gasteiger partial charge is 0.419 e. The smallest absolute Gasteiger partial charge is 0.206 e. The van der Waals surface area contributed by atoms with Gasteiger partial charge in [-0.3, -0.25) is 0 Å². The number of hydrogen-bond donors (Lipinski definition) is 0. The van der Waals surface area contributed by atoms with Crippen LogP contribution < -0.4 is 0 Å². The Hall–Kier alpha value is -1.27. The van der Waals surface area contributed by atoms with E-state index in [1.54, 1.807) is 6.07 Å². The molecule has 0 atom stereocenters. The molecule has 1 aromatic rings. The summed E-state index contributed by atoms with van der Waals surface area (Å²) < 4.78 is 85.1. The van der Waals surface area contributed by atoms with Crippen LogP contribution in [-0.2, 0) is 12.4 Å². The van der Waals surface area contributed by atoms with Gasteiger partial charge in [0, 0.05) is 0 Å². The van der Waals surface area contributed by atoms with Crippen molar-refractivity contribution in [2.24, 2.45) is 0 Å². The van der Waals surface area contributed by atoms with Crippen LogP contribution in [-0.4, -0.2) is 0 Å². The van der Waals surface area contributed by atoms with Gasteiger partial charge in [-0.1, -0.05) is 0 Å². The van der Waals surface area contributed by atoms with Gasteiger partial charge in [0.05, 0.1) is 5.56 Å². The van der Waals surface area contributed by atoms with Gasteiger partial charge in [0.1, 0.15) is 11.4 Å². The van der Waals surface area contributed by atoms with Gasteiger partial charge in [-0.15, -0.1) is 0 Å². The van der Waals surface area contributed by atoms with Gasteiger partial charge in [0.15, 0.2) is 0 Å². The van der Waals surface area contributed by atoms with Crippen LogP contribution in [0.25, 0.3) is 0 Å².